The lowest BCUT2D eigenvalue weighted by Gasteiger charge is -2.45. The first-order valence-electron chi connectivity index (χ1n) is 11.2. The van der Waals surface area contributed by atoms with Crippen molar-refractivity contribution < 1.29 is 23.1 Å². The number of hydrogen-bond donors (Lipinski definition) is 1. The van der Waals surface area contributed by atoms with E-state index in [2.05, 4.69) is 16.8 Å². The van der Waals surface area contributed by atoms with Gasteiger partial charge in [0.2, 0.25) is 12.3 Å². The zero-order valence-electron chi connectivity index (χ0n) is 19.4. The number of amides is 2. The molecule has 1 N–H and O–H groups in total. The summed E-state index contributed by atoms with van der Waals surface area (Å²) in [6, 6.07) is 4.55. The number of anilines is 1. The van der Waals surface area contributed by atoms with E-state index >= 15 is 0 Å². The van der Waals surface area contributed by atoms with Gasteiger partial charge >= 0.3 is 0 Å². The van der Waals surface area contributed by atoms with Gasteiger partial charge in [-0.05, 0) is 38.1 Å². The highest BCUT2D eigenvalue weighted by molar-refractivity contribution is 6.35. The van der Waals surface area contributed by atoms with E-state index < -0.39 is 11.6 Å². The zero-order chi connectivity index (χ0) is 25.3. The van der Waals surface area contributed by atoms with Crippen LogP contribution in [0.2, 0.25) is 5.02 Å². The van der Waals surface area contributed by atoms with E-state index in [1.807, 2.05) is 13.8 Å². The summed E-state index contributed by atoms with van der Waals surface area (Å²) in [5.74, 6) is -0.912. The van der Waals surface area contributed by atoms with Crippen molar-refractivity contribution in [2.24, 2.45) is 4.99 Å². The second-order valence-electron chi connectivity index (χ2n) is 8.47. The monoisotopic (exact) mass is 502 g/mol. The molecule has 0 saturated carbocycles. The molecule has 2 aromatic rings. The standard InChI is InChI=1S/C25H25ClF2N4O3/c1-4-21(34)31-11-15(3)32(12-14(31)2)25-18-10-19(26)22(17-6-5-16(27)9-20(17)28)24(23(18)30-13-33)35-8-7-29-25/h4-6,9-10,13-15H,1,7-8,11-12H2,2-3H3,(H,30,33)/t14-,15?/m1/s1. The first-order valence-corrected chi connectivity index (χ1v) is 11.5. The Bertz CT molecular complexity index is 1220. The number of halogens is 3. The van der Waals surface area contributed by atoms with Crippen molar-refractivity contribution in [3.8, 4) is 16.9 Å². The minimum atomic E-state index is -0.807. The molecule has 10 heteroatoms. The van der Waals surface area contributed by atoms with Gasteiger partial charge in [0.05, 0.1) is 17.3 Å². The van der Waals surface area contributed by atoms with Crippen LogP contribution in [-0.4, -0.2) is 66.3 Å². The Hall–Kier alpha value is -3.46. The van der Waals surface area contributed by atoms with Crippen LogP contribution < -0.4 is 10.1 Å². The number of benzene rings is 2. The van der Waals surface area contributed by atoms with E-state index in [4.69, 9.17) is 21.3 Å². The van der Waals surface area contributed by atoms with Crippen molar-refractivity contribution >= 4 is 35.4 Å². The Balaban J connectivity index is 1.85. The molecule has 0 spiro atoms. The number of fused-ring (bicyclic) bond motifs is 2. The molecule has 2 amide bonds. The van der Waals surface area contributed by atoms with Crippen molar-refractivity contribution in [3.63, 3.8) is 0 Å². The third-order valence-electron chi connectivity index (χ3n) is 6.19. The molecule has 2 aliphatic rings. The van der Waals surface area contributed by atoms with E-state index in [9.17, 15) is 18.4 Å². The van der Waals surface area contributed by atoms with Gasteiger partial charge in [-0.1, -0.05) is 18.2 Å². The lowest BCUT2D eigenvalue weighted by atomic mass is 9.97. The molecule has 7 nitrogen and oxygen atoms in total. The minimum absolute atomic E-state index is 0.0458. The molecule has 2 atom stereocenters. The molecule has 4 rings (SSSR count). The lowest BCUT2D eigenvalue weighted by Crippen LogP contribution is -2.59. The highest BCUT2D eigenvalue weighted by atomic mass is 35.5. The maximum atomic E-state index is 14.7. The van der Waals surface area contributed by atoms with Crippen molar-refractivity contribution in [2.45, 2.75) is 25.9 Å². The van der Waals surface area contributed by atoms with Crippen LogP contribution in [0.4, 0.5) is 14.5 Å². The van der Waals surface area contributed by atoms with Crippen LogP contribution in [0.5, 0.6) is 5.75 Å². The number of nitrogens with one attached hydrogen (secondary N) is 1. The molecule has 0 aromatic heterocycles. The average Bonchev–Trinajstić information content (AvgIpc) is 2.81. The number of ether oxygens (including phenoxy) is 1. The minimum Gasteiger partial charge on any atom is -0.489 e. The molecule has 0 radical (unpaired) electrons. The smallest absolute Gasteiger partial charge is 0.246 e. The van der Waals surface area contributed by atoms with E-state index in [-0.39, 0.29) is 52.2 Å². The van der Waals surface area contributed by atoms with E-state index in [1.165, 1.54) is 12.1 Å². The topological polar surface area (TPSA) is 74.2 Å². The Morgan fingerprint density at radius 3 is 2.69 bits per heavy atom. The molecule has 0 aliphatic carbocycles. The van der Waals surface area contributed by atoms with Crippen molar-refractivity contribution in [1.82, 2.24) is 9.80 Å². The molecular formula is C25H25ClF2N4O3. The molecule has 2 bridgehead atoms. The van der Waals surface area contributed by atoms with Crippen LogP contribution in [0.1, 0.15) is 19.4 Å². The van der Waals surface area contributed by atoms with Gasteiger partial charge in [0, 0.05) is 47.9 Å². The molecule has 1 unspecified atom stereocenters. The first-order chi connectivity index (χ1) is 16.8. The summed E-state index contributed by atoms with van der Waals surface area (Å²) in [6.07, 6.45) is 1.80. The van der Waals surface area contributed by atoms with Gasteiger partial charge in [0.15, 0.2) is 5.75 Å². The molecule has 1 fully saturated rings. The Kier molecular flexibility index (Phi) is 7.07. The molecule has 184 valence electrons. The maximum absolute atomic E-state index is 14.7. The summed E-state index contributed by atoms with van der Waals surface area (Å²) in [7, 11) is 0. The number of carbonyl (C=O) groups excluding carboxylic acids is 2. The SMILES string of the molecule is C=CC(=O)N1CC(C)N(C2=NCCOc3c(NC=O)c2cc(Cl)c3-c2ccc(F)cc2F)C[C@H]1C. The van der Waals surface area contributed by atoms with Gasteiger partial charge in [-0.15, -0.1) is 0 Å². The summed E-state index contributed by atoms with van der Waals surface area (Å²) in [5, 5.41) is 2.83. The van der Waals surface area contributed by atoms with Crippen LogP contribution >= 0.6 is 11.6 Å². The molecular weight excluding hydrogens is 478 g/mol. The third-order valence-corrected chi connectivity index (χ3v) is 6.49. The molecule has 2 heterocycles. The van der Waals surface area contributed by atoms with Gasteiger partial charge in [-0.3, -0.25) is 14.6 Å². The zero-order valence-corrected chi connectivity index (χ0v) is 20.1. The Morgan fingerprint density at radius 1 is 1.23 bits per heavy atom. The number of carbonyl (C=O) groups is 2. The third kappa shape index (κ3) is 4.60. The number of amidine groups is 1. The van der Waals surface area contributed by atoms with Gasteiger partial charge < -0.3 is 19.9 Å². The average molecular weight is 503 g/mol. The van der Waals surface area contributed by atoms with Crippen LogP contribution in [0.25, 0.3) is 11.1 Å². The maximum Gasteiger partial charge on any atom is 0.246 e. The van der Waals surface area contributed by atoms with Crippen LogP contribution in [0.15, 0.2) is 41.9 Å². The highest BCUT2D eigenvalue weighted by Crippen LogP contribution is 2.46. The lowest BCUT2D eigenvalue weighted by molar-refractivity contribution is -0.130. The largest absolute Gasteiger partial charge is 0.489 e. The number of aliphatic imine (C=N–C) groups is 1. The summed E-state index contributed by atoms with van der Waals surface area (Å²) >= 11 is 6.65. The highest BCUT2D eigenvalue weighted by Gasteiger charge is 2.35. The first kappa shape index (κ1) is 24.7. The fraction of sp³-hybridized carbons (Fsp3) is 0.320. The van der Waals surface area contributed by atoms with Crippen LogP contribution in [0.3, 0.4) is 0 Å². The summed E-state index contributed by atoms with van der Waals surface area (Å²) < 4.78 is 34.2. The number of nitrogens with zero attached hydrogens (tertiary/aromatic N) is 3. The molecule has 35 heavy (non-hydrogen) atoms. The van der Waals surface area contributed by atoms with Gasteiger partial charge in [-0.25, -0.2) is 8.78 Å². The quantitative estimate of drug-likeness (QED) is 0.504. The van der Waals surface area contributed by atoms with Crippen molar-refractivity contribution in [2.75, 3.05) is 31.6 Å². The predicted octanol–water partition coefficient (Wildman–Crippen LogP) is 4.10. The fourth-order valence-corrected chi connectivity index (χ4v) is 4.87. The van der Waals surface area contributed by atoms with Crippen molar-refractivity contribution in [1.29, 1.82) is 0 Å². The molecule has 2 aromatic carbocycles. The summed E-state index contributed by atoms with van der Waals surface area (Å²) in [5.41, 5.74) is 1.04. The van der Waals surface area contributed by atoms with E-state index in [0.29, 0.717) is 37.4 Å². The van der Waals surface area contributed by atoms with Gasteiger partial charge in [0.1, 0.15) is 24.1 Å². The molecule has 2 aliphatic heterocycles. The van der Waals surface area contributed by atoms with E-state index in [0.717, 1.165) is 12.1 Å². The van der Waals surface area contributed by atoms with Crippen molar-refractivity contribution in [3.05, 3.63) is 59.1 Å². The second kappa shape index (κ2) is 10.0. The number of rotatable bonds is 4. The number of piperazine rings is 1. The van der Waals surface area contributed by atoms with Gasteiger partial charge in [-0.2, -0.15) is 0 Å². The van der Waals surface area contributed by atoms with Crippen LogP contribution in [0, 0.1) is 11.6 Å². The predicted molar refractivity (Wildman–Crippen MR) is 131 cm³/mol. The second-order valence-corrected chi connectivity index (χ2v) is 8.88. The van der Waals surface area contributed by atoms with Gasteiger partial charge in [0.25, 0.3) is 0 Å². The number of hydrogen-bond acceptors (Lipinski definition) is 5. The Morgan fingerprint density at radius 2 is 2.00 bits per heavy atom. The fourth-order valence-electron chi connectivity index (χ4n) is 4.57. The van der Waals surface area contributed by atoms with Crippen LogP contribution in [-0.2, 0) is 9.59 Å². The molecule has 1 saturated heterocycles. The Labute approximate surface area is 207 Å². The summed E-state index contributed by atoms with van der Waals surface area (Å²) in [6.45, 7) is 8.89. The van der Waals surface area contributed by atoms with E-state index in [1.54, 1.807) is 11.0 Å². The normalized spacial score (nSPS) is 19.7. The summed E-state index contributed by atoms with van der Waals surface area (Å²) in [4.78, 5) is 32.4.